The molecule has 0 unspecified atom stereocenters. The number of carbonyl (C=O) groups excluding carboxylic acids is 1. The van der Waals surface area contributed by atoms with Gasteiger partial charge in [0, 0.05) is 31.7 Å². The summed E-state index contributed by atoms with van der Waals surface area (Å²) in [7, 11) is 0. The van der Waals surface area contributed by atoms with Crippen LogP contribution in [0.1, 0.15) is 17.4 Å². The summed E-state index contributed by atoms with van der Waals surface area (Å²) in [5, 5.41) is 7.09. The van der Waals surface area contributed by atoms with Gasteiger partial charge < -0.3 is 10.1 Å². The second kappa shape index (κ2) is 8.04. The molecule has 1 aromatic carbocycles. The second-order valence-electron chi connectivity index (χ2n) is 6.01. The number of nitrogens with one attached hydrogen (secondary N) is 1. The molecule has 7 nitrogen and oxygen atoms in total. The first kappa shape index (κ1) is 17.3. The molecule has 1 aliphatic rings. The van der Waals surface area contributed by atoms with Crippen LogP contribution in [-0.4, -0.2) is 59.5 Å². The highest BCUT2D eigenvalue weighted by molar-refractivity contribution is 5.92. The summed E-state index contributed by atoms with van der Waals surface area (Å²) in [5.74, 6) is -0.287. The molecule has 1 saturated heterocycles. The maximum atomic E-state index is 12.4. The number of rotatable bonds is 5. The highest BCUT2D eigenvalue weighted by Crippen LogP contribution is 2.04. The van der Waals surface area contributed by atoms with Crippen LogP contribution < -0.4 is 10.9 Å². The monoisotopic (exact) mass is 342 g/mol. The maximum absolute atomic E-state index is 12.4. The zero-order chi connectivity index (χ0) is 17.6. The number of hydrogen-bond acceptors (Lipinski definition) is 5. The van der Waals surface area contributed by atoms with Crippen molar-refractivity contribution in [1.82, 2.24) is 20.0 Å². The van der Waals surface area contributed by atoms with Gasteiger partial charge in [0.2, 0.25) is 0 Å². The summed E-state index contributed by atoms with van der Waals surface area (Å²) in [6, 6.07) is 12.1. The Morgan fingerprint density at radius 2 is 1.92 bits per heavy atom. The van der Waals surface area contributed by atoms with Gasteiger partial charge in [-0.05, 0) is 25.1 Å². The van der Waals surface area contributed by atoms with Crippen LogP contribution in [0.5, 0.6) is 0 Å². The highest BCUT2D eigenvalue weighted by Gasteiger charge is 2.18. The van der Waals surface area contributed by atoms with Gasteiger partial charge in [0.1, 0.15) is 5.69 Å². The minimum absolute atomic E-state index is 0.216. The van der Waals surface area contributed by atoms with Gasteiger partial charge in [0.15, 0.2) is 0 Å². The summed E-state index contributed by atoms with van der Waals surface area (Å²) >= 11 is 0. The Morgan fingerprint density at radius 3 is 2.64 bits per heavy atom. The number of nitrogens with zero attached hydrogens (tertiary/aromatic N) is 3. The van der Waals surface area contributed by atoms with Crippen molar-refractivity contribution in [2.45, 2.75) is 13.0 Å². The molecule has 1 N–H and O–H groups in total. The number of hydrogen-bond donors (Lipinski definition) is 1. The molecule has 2 aromatic rings. The Morgan fingerprint density at radius 1 is 1.20 bits per heavy atom. The zero-order valence-electron chi connectivity index (χ0n) is 14.2. The molecule has 132 valence electrons. The molecule has 0 saturated carbocycles. The van der Waals surface area contributed by atoms with Crippen LogP contribution in [0.3, 0.4) is 0 Å². The third-order valence-electron chi connectivity index (χ3n) is 4.26. The van der Waals surface area contributed by atoms with Gasteiger partial charge in [0.05, 0.1) is 18.9 Å². The molecule has 1 atom stereocenters. The van der Waals surface area contributed by atoms with Crippen molar-refractivity contribution in [2.24, 2.45) is 0 Å². The molecule has 7 heteroatoms. The van der Waals surface area contributed by atoms with Crippen molar-refractivity contribution in [3.8, 4) is 5.69 Å². The number of para-hydroxylation sites is 1. The number of benzene rings is 1. The molecule has 1 amide bonds. The van der Waals surface area contributed by atoms with Crippen molar-refractivity contribution < 1.29 is 9.53 Å². The Hall–Kier alpha value is -2.51. The van der Waals surface area contributed by atoms with Gasteiger partial charge in [-0.25, -0.2) is 0 Å². The van der Waals surface area contributed by atoms with E-state index in [2.05, 4.69) is 22.2 Å². The lowest BCUT2D eigenvalue weighted by molar-refractivity contribution is 0.0204. The Labute approximate surface area is 146 Å². The SMILES string of the molecule is C[C@H](CNC(=O)c1ccc(=O)n(-c2ccccc2)n1)N1CCOCC1. The van der Waals surface area contributed by atoms with E-state index >= 15 is 0 Å². The first-order valence-electron chi connectivity index (χ1n) is 8.41. The first-order valence-corrected chi connectivity index (χ1v) is 8.41. The van der Waals surface area contributed by atoms with Crippen LogP contribution in [0, 0.1) is 0 Å². The third-order valence-corrected chi connectivity index (χ3v) is 4.26. The van der Waals surface area contributed by atoms with Gasteiger partial charge >= 0.3 is 0 Å². The van der Waals surface area contributed by atoms with E-state index in [0.717, 1.165) is 26.3 Å². The molecule has 2 heterocycles. The van der Waals surface area contributed by atoms with E-state index in [1.165, 1.54) is 16.8 Å². The zero-order valence-corrected chi connectivity index (χ0v) is 14.2. The van der Waals surface area contributed by atoms with Gasteiger partial charge in [-0.1, -0.05) is 18.2 Å². The lowest BCUT2D eigenvalue weighted by Gasteiger charge is -2.32. The Bertz CT molecular complexity index is 769. The molecule has 0 bridgehead atoms. The standard InChI is InChI=1S/C18H22N4O3/c1-14(21-9-11-25-12-10-21)13-19-18(24)16-7-8-17(23)22(20-16)15-5-3-2-4-6-15/h2-8,14H,9-13H2,1H3,(H,19,24)/t14-/m1/s1. The quantitative estimate of drug-likeness (QED) is 0.865. The molecule has 0 aliphatic carbocycles. The van der Waals surface area contributed by atoms with Crippen LogP contribution in [0.25, 0.3) is 5.69 Å². The van der Waals surface area contributed by atoms with Crippen LogP contribution >= 0.6 is 0 Å². The van der Waals surface area contributed by atoms with Crippen LogP contribution in [0.15, 0.2) is 47.3 Å². The van der Waals surface area contributed by atoms with E-state index in [0.29, 0.717) is 12.2 Å². The number of ether oxygens (including phenoxy) is 1. The van der Waals surface area contributed by atoms with Crippen LogP contribution in [0.4, 0.5) is 0 Å². The Kier molecular flexibility index (Phi) is 5.57. The third kappa shape index (κ3) is 4.32. The highest BCUT2D eigenvalue weighted by atomic mass is 16.5. The molecule has 1 aromatic heterocycles. The van der Waals surface area contributed by atoms with E-state index in [1.807, 2.05) is 18.2 Å². The minimum atomic E-state index is -0.287. The largest absolute Gasteiger partial charge is 0.379 e. The number of amides is 1. The molecule has 1 aliphatic heterocycles. The molecular weight excluding hydrogens is 320 g/mol. The van der Waals surface area contributed by atoms with E-state index in [4.69, 9.17) is 4.74 Å². The molecule has 0 spiro atoms. The summed E-state index contributed by atoms with van der Waals surface area (Å²) < 4.78 is 6.58. The number of morpholine rings is 1. The number of carbonyl (C=O) groups is 1. The summed E-state index contributed by atoms with van der Waals surface area (Å²) in [6.45, 7) is 5.78. The predicted molar refractivity (Wildman–Crippen MR) is 94.0 cm³/mol. The van der Waals surface area contributed by atoms with Gasteiger partial charge in [-0.2, -0.15) is 9.78 Å². The van der Waals surface area contributed by atoms with E-state index in [1.54, 1.807) is 12.1 Å². The normalized spacial score (nSPS) is 16.4. The maximum Gasteiger partial charge on any atom is 0.271 e. The molecular formula is C18H22N4O3. The van der Waals surface area contributed by atoms with Crippen molar-refractivity contribution >= 4 is 5.91 Å². The molecule has 1 fully saturated rings. The van der Waals surface area contributed by atoms with Gasteiger partial charge in [-0.3, -0.25) is 14.5 Å². The average molecular weight is 342 g/mol. The Balaban J connectivity index is 1.67. The fourth-order valence-corrected chi connectivity index (χ4v) is 2.76. The van der Waals surface area contributed by atoms with Gasteiger partial charge in [0.25, 0.3) is 11.5 Å². The van der Waals surface area contributed by atoms with E-state index < -0.39 is 0 Å². The van der Waals surface area contributed by atoms with Crippen molar-refractivity contribution in [3.05, 3.63) is 58.5 Å². The van der Waals surface area contributed by atoms with Crippen LogP contribution in [-0.2, 0) is 4.74 Å². The van der Waals surface area contributed by atoms with Crippen molar-refractivity contribution in [1.29, 1.82) is 0 Å². The molecule has 3 rings (SSSR count). The molecule has 25 heavy (non-hydrogen) atoms. The molecule has 0 radical (unpaired) electrons. The fourth-order valence-electron chi connectivity index (χ4n) is 2.76. The lowest BCUT2D eigenvalue weighted by atomic mass is 10.2. The van der Waals surface area contributed by atoms with E-state index in [9.17, 15) is 9.59 Å². The summed E-state index contributed by atoms with van der Waals surface area (Å²) in [4.78, 5) is 26.7. The topological polar surface area (TPSA) is 76.5 Å². The summed E-state index contributed by atoms with van der Waals surface area (Å²) in [6.07, 6.45) is 0. The number of aromatic nitrogens is 2. The lowest BCUT2D eigenvalue weighted by Crippen LogP contribution is -2.47. The first-order chi connectivity index (χ1) is 12.1. The van der Waals surface area contributed by atoms with Crippen molar-refractivity contribution in [3.63, 3.8) is 0 Å². The van der Waals surface area contributed by atoms with Gasteiger partial charge in [-0.15, -0.1) is 0 Å². The van der Waals surface area contributed by atoms with Crippen LogP contribution in [0.2, 0.25) is 0 Å². The van der Waals surface area contributed by atoms with Crippen molar-refractivity contribution in [2.75, 3.05) is 32.8 Å². The minimum Gasteiger partial charge on any atom is -0.379 e. The summed E-state index contributed by atoms with van der Waals surface area (Å²) in [5.41, 5.74) is 0.575. The fraction of sp³-hybridized carbons (Fsp3) is 0.389. The second-order valence-corrected chi connectivity index (χ2v) is 6.01. The van der Waals surface area contributed by atoms with E-state index in [-0.39, 0.29) is 23.2 Å². The smallest absolute Gasteiger partial charge is 0.271 e. The predicted octanol–water partition coefficient (Wildman–Crippen LogP) is 0.683. The average Bonchev–Trinajstić information content (AvgIpc) is 2.67.